The first-order valence-electron chi connectivity index (χ1n) is 8.38. The Kier molecular flexibility index (Phi) is 6.63. The van der Waals surface area contributed by atoms with Gasteiger partial charge in [-0.3, -0.25) is 9.63 Å². The number of hydrogen-bond acceptors (Lipinski definition) is 6. The van der Waals surface area contributed by atoms with Crippen LogP contribution in [0.3, 0.4) is 0 Å². The van der Waals surface area contributed by atoms with Crippen molar-refractivity contribution in [1.29, 1.82) is 0 Å². The molecule has 2 rings (SSSR count). The van der Waals surface area contributed by atoms with Gasteiger partial charge < -0.3 is 0 Å². The summed E-state index contributed by atoms with van der Waals surface area (Å²) >= 11 is 0. The van der Waals surface area contributed by atoms with Crippen LogP contribution in [-0.2, 0) is 29.5 Å². The van der Waals surface area contributed by atoms with Crippen LogP contribution in [0.15, 0.2) is 0 Å². The fourth-order valence-corrected chi connectivity index (χ4v) is 5.53. The molecule has 0 aromatic rings. The summed E-state index contributed by atoms with van der Waals surface area (Å²) in [6.45, 7) is 2.62. The Labute approximate surface area is 144 Å². The van der Waals surface area contributed by atoms with Gasteiger partial charge in [0.25, 0.3) is 0 Å². The molecular formula is C14H26N2O6S2. The molecule has 0 radical (unpaired) electrons. The molecule has 0 N–H and O–H groups in total. The van der Waals surface area contributed by atoms with Crippen LogP contribution < -0.4 is 0 Å². The largest absolute Gasteiger partial charge is 0.272 e. The van der Waals surface area contributed by atoms with E-state index in [1.165, 1.54) is 4.31 Å². The molecule has 0 bridgehead atoms. The van der Waals surface area contributed by atoms with Crippen LogP contribution in [-0.4, -0.2) is 75.6 Å². The van der Waals surface area contributed by atoms with Crippen LogP contribution in [0.1, 0.15) is 32.6 Å². The van der Waals surface area contributed by atoms with Gasteiger partial charge in [0.15, 0.2) is 9.84 Å². The standard InChI is InChI=1S/C14H26N2O6S2/c1-2-3-10-24(20,21)15-6-4-13(5-7-15)14(17)16-8-11-23(18,19)12-9-22-16/h13H,2-12H2,1H3. The first-order chi connectivity index (χ1) is 11.2. The van der Waals surface area contributed by atoms with Crippen LogP contribution >= 0.6 is 0 Å². The van der Waals surface area contributed by atoms with E-state index in [9.17, 15) is 21.6 Å². The van der Waals surface area contributed by atoms with E-state index in [0.29, 0.717) is 32.4 Å². The molecule has 2 fully saturated rings. The molecule has 2 heterocycles. The van der Waals surface area contributed by atoms with Crippen LogP contribution in [0.25, 0.3) is 0 Å². The third-order valence-electron chi connectivity index (χ3n) is 4.45. The second-order valence-electron chi connectivity index (χ2n) is 6.27. The SMILES string of the molecule is CCCCS(=O)(=O)N1CCC(C(=O)N2CCS(=O)(=O)CCO2)CC1. The number of hydrogen-bond donors (Lipinski definition) is 0. The Hall–Kier alpha value is -0.710. The molecule has 0 saturated carbocycles. The number of carbonyl (C=O) groups excluding carboxylic acids is 1. The van der Waals surface area contributed by atoms with E-state index in [0.717, 1.165) is 11.5 Å². The average Bonchev–Trinajstić information content (AvgIpc) is 2.73. The number of nitrogens with zero attached hydrogens (tertiary/aromatic N) is 2. The van der Waals surface area contributed by atoms with E-state index in [2.05, 4.69) is 0 Å². The Morgan fingerprint density at radius 1 is 1.17 bits per heavy atom. The topological polar surface area (TPSA) is 101 Å². The van der Waals surface area contributed by atoms with E-state index in [1.54, 1.807) is 0 Å². The summed E-state index contributed by atoms with van der Waals surface area (Å²) in [6, 6.07) is 0. The van der Waals surface area contributed by atoms with Crippen molar-refractivity contribution in [1.82, 2.24) is 9.37 Å². The van der Waals surface area contributed by atoms with Crippen molar-refractivity contribution >= 4 is 25.8 Å². The summed E-state index contributed by atoms with van der Waals surface area (Å²) in [5.74, 6) is -0.579. The summed E-state index contributed by atoms with van der Waals surface area (Å²) < 4.78 is 48.9. The molecule has 2 aliphatic heterocycles. The van der Waals surface area contributed by atoms with Gasteiger partial charge in [0.2, 0.25) is 15.9 Å². The lowest BCUT2D eigenvalue weighted by Crippen LogP contribution is -2.45. The van der Waals surface area contributed by atoms with Crippen molar-refractivity contribution in [2.24, 2.45) is 5.92 Å². The van der Waals surface area contributed by atoms with Gasteiger partial charge in [-0.1, -0.05) is 13.3 Å². The fourth-order valence-electron chi connectivity index (χ4n) is 2.88. The molecule has 10 heteroatoms. The van der Waals surface area contributed by atoms with Crippen LogP contribution in [0.2, 0.25) is 0 Å². The van der Waals surface area contributed by atoms with Gasteiger partial charge in [-0.15, -0.1) is 0 Å². The molecule has 0 aliphatic carbocycles. The number of amides is 1. The monoisotopic (exact) mass is 382 g/mol. The Balaban J connectivity index is 1.88. The second kappa shape index (κ2) is 8.11. The molecule has 0 unspecified atom stereocenters. The molecule has 0 aromatic heterocycles. The zero-order valence-electron chi connectivity index (χ0n) is 14.0. The minimum Gasteiger partial charge on any atom is -0.272 e. The Bertz CT molecular complexity index is 638. The van der Waals surface area contributed by atoms with Gasteiger partial charge >= 0.3 is 0 Å². The van der Waals surface area contributed by atoms with Crippen LogP contribution in [0.4, 0.5) is 0 Å². The van der Waals surface area contributed by atoms with Crippen LogP contribution in [0.5, 0.6) is 0 Å². The summed E-state index contributed by atoms with van der Waals surface area (Å²) in [7, 11) is -6.40. The van der Waals surface area contributed by atoms with Crippen molar-refractivity contribution in [3.63, 3.8) is 0 Å². The highest BCUT2D eigenvalue weighted by Crippen LogP contribution is 2.23. The van der Waals surface area contributed by atoms with Crippen molar-refractivity contribution in [2.75, 3.05) is 43.5 Å². The Morgan fingerprint density at radius 3 is 2.46 bits per heavy atom. The predicted octanol–water partition coefficient (Wildman–Crippen LogP) is 0.0169. The number of piperidine rings is 1. The molecule has 0 spiro atoms. The lowest BCUT2D eigenvalue weighted by Gasteiger charge is -2.32. The van der Waals surface area contributed by atoms with E-state index in [1.807, 2.05) is 6.92 Å². The number of carbonyl (C=O) groups is 1. The van der Waals surface area contributed by atoms with Gasteiger partial charge in [0.1, 0.15) is 0 Å². The number of hydroxylamine groups is 2. The summed E-state index contributed by atoms with van der Waals surface area (Å²) in [5, 5.41) is 1.15. The highest BCUT2D eigenvalue weighted by Gasteiger charge is 2.34. The normalized spacial score (nSPS) is 23.8. The van der Waals surface area contributed by atoms with E-state index in [-0.39, 0.29) is 42.2 Å². The predicted molar refractivity (Wildman–Crippen MR) is 89.3 cm³/mol. The third kappa shape index (κ3) is 5.14. The minimum atomic E-state index is -3.24. The summed E-state index contributed by atoms with van der Waals surface area (Å²) in [5.41, 5.74) is 0. The number of unbranched alkanes of at least 4 members (excludes halogenated alkanes) is 1. The molecule has 2 saturated heterocycles. The second-order valence-corrected chi connectivity index (χ2v) is 10.7. The smallest absolute Gasteiger partial charge is 0.249 e. The van der Waals surface area contributed by atoms with Crippen molar-refractivity contribution in [3.05, 3.63) is 0 Å². The molecule has 0 aromatic carbocycles. The third-order valence-corrected chi connectivity index (χ3v) is 7.99. The molecular weight excluding hydrogens is 356 g/mol. The quantitative estimate of drug-likeness (QED) is 0.664. The highest BCUT2D eigenvalue weighted by molar-refractivity contribution is 7.91. The van der Waals surface area contributed by atoms with E-state index < -0.39 is 19.9 Å². The molecule has 2 aliphatic rings. The maximum Gasteiger partial charge on any atom is 0.249 e. The van der Waals surface area contributed by atoms with Crippen molar-refractivity contribution in [2.45, 2.75) is 32.6 Å². The van der Waals surface area contributed by atoms with E-state index >= 15 is 0 Å². The lowest BCUT2D eigenvalue weighted by atomic mass is 9.97. The molecule has 0 atom stereocenters. The van der Waals surface area contributed by atoms with Gasteiger partial charge in [-0.25, -0.2) is 26.2 Å². The molecule has 1 amide bonds. The minimum absolute atomic E-state index is 0.0156. The lowest BCUT2D eigenvalue weighted by molar-refractivity contribution is -0.187. The van der Waals surface area contributed by atoms with Gasteiger partial charge in [-0.2, -0.15) is 0 Å². The van der Waals surface area contributed by atoms with Gasteiger partial charge in [0.05, 0.1) is 30.4 Å². The zero-order chi connectivity index (χ0) is 17.8. The van der Waals surface area contributed by atoms with Crippen molar-refractivity contribution < 1.29 is 26.5 Å². The number of rotatable bonds is 5. The number of sulfone groups is 1. The summed E-state index contributed by atoms with van der Waals surface area (Å²) in [6.07, 6.45) is 2.34. The Morgan fingerprint density at radius 2 is 1.83 bits per heavy atom. The first-order valence-corrected chi connectivity index (χ1v) is 11.8. The first kappa shape index (κ1) is 19.6. The maximum atomic E-state index is 12.5. The highest BCUT2D eigenvalue weighted by atomic mass is 32.2. The van der Waals surface area contributed by atoms with Crippen LogP contribution in [0, 0.1) is 5.92 Å². The number of sulfonamides is 1. The average molecular weight is 383 g/mol. The molecule has 24 heavy (non-hydrogen) atoms. The van der Waals surface area contributed by atoms with Crippen molar-refractivity contribution in [3.8, 4) is 0 Å². The van der Waals surface area contributed by atoms with Gasteiger partial charge in [-0.05, 0) is 19.3 Å². The van der Waals surface area contributed by atoms with Gasteiger partial charge in [0, 0.05) is 19.0 Å². The zero-order valence-corrected chi connectivity index (χ0v) is 15.6. The molecule has 140 valence electrons. The summed E-state index contributed by atoms with van der Waals surface area (Å²) in [4.78, 5) is 17.8. The fraction of sp³-hybridized carbons (Fsp3) is 0.929. The van der Waals surface area contributed by atoms with E-state index in [4.69, 9.17) is 4.84 Å². The molecule has 8 nitrogen and oxygen atoms in total. The maximum absolute atomic E-state index is 12.5.